The number of nitro groups is 3. The number of benzene rings is 4. The number of hydrogen-bond donors (Lipinski definition) is 1. The largest absolute Gasteiger partial charge is 0.497 e. The summed E-state index contributed by atoms with van der Waals surface area (Å²) in [4.78, 5) is 32.5. The Morgan fingerprint density at radius 1 is 0.550 bits per heavy atom. The molecule has 1 heterocycles. The number of nitro benzene ring substituents is 3. The van der Waals surface area contributed by atoms with E-state index in [1.807, 2.05) is 36.5 Å². The Morgan fingerprint density at radius 3 is 1.40 bits per heavy atom. The van der Waals surface area contributed by atoms with Crippen molar-refractivity contribution in [1.82, 2.24) is 4.98 Å². The summed E-state index contributed by atoms with van der Waals surface area (Å²) in [6.07, 6.45) is 1.99. The van der Waals surface area contributed by atoms with E-state index in [-0.39, 0.29) is 0 Å². The lowest BCUT2D eigenvalue weighted by molar-refractivity contribution is -0.404. The summed E-state index contributed by atoms with van der Waals surface area (Å²) in [6.45, 7) is 0. The van der Waals surface area contributed by atoms with Gasteiger partial charge in [-0.05, 0) is 22.8 Å². The third-order valence-electron chi connectivity index (χ3n) is 5.80. The van der Waals surface area contributed by atoms with Crippen molar-refractivity contribution < 1.29 is 19.9 Å². The Balaban J connectivity index is 0.000000202. The summed E-state index contributed by atoms with van der Waals surface area (Å²) in [5.74, 6) is -1.21. The molecule has 0 amide bonds. The van der Waals surface area contributed by atoms with Crippen LogP contribution in [0.15, 0.2) is 115 Å². The zero-order chi connectivity index (χ0) is 28.6. The van der Waals surface area contributed by atoms with Crippen LogP contribution in [-0.4, -0.2) is 24.9 Å². The van der Waals surface area contributed by atoms with E-state index in [4.69, 9.17) is 10.1 Å². The van der Waals surface area contributed by atoms with Crippen LogP contribution < -0.4 is 0 Å². The summed E-state index contributed by atoms with van der Waals surface area (Å²) in [5.41, 5.74) is 3.87. The van der Waals surface area contributed by atoms with Gasteiger partial charge in [-0.3, -0.25) is 35.3 Å². The number of aromatic nitrogens is 1. The minimum Gasteiger partial charge on any atom is -0.497 e. The van der Waals surface area contributed by atoms with E-state index in [1.165, 1.54) is 16.7 Å². The zero-order valence-corrected chi connectivity index (χ0v) is 20.7. The van der Waals surface area contributed by atoms with Gasteiger partial charge in [-0.1, -0.05) is 91.0 Å². The second-order valence-electron chi connectivity index (χ2n) is 8.32. The molecule has 0 saturated heterocycles. The average molecular weight is 537 g/mol. The molecule has 0 unspecified atom stereocenters. The highest BCUT2D eigenvalue weighted by Gasteiger charge is 2.30. The summed E-state index contributed by atoms with van der Waals surface area (Å²) in [6, 6.07) is 34.3. The SMILES string of the molecule is O=[N+]([O-])c1cc([N+](=O)[O-])c(O)c([N+](=O)[O-])c1.c1ccc(-c2cc(-c3ccccc3)c(-c3ccccc3)cn2)cc1. The normalized spacial score (nSPS) is 10.2. The van der Waals surface area contributed by atoms with Crippen molar-refractivity contribution in [3.05, 3.63) is 146 Å². The molecular weight excluding hydrogens is 516 g/mol. The maximum absolute atomic E-state index is 10.4. The molecule has 0 bridgehead atoms. The van der Waals surface area contributed by atoms with Crippen LogP contribution in [0.2, 0.25) is 0 Å². The fourth-order valence-electron chi connectivity index (χ4n) is 3.90. The average Bonchev–Trinajstić information content (AvgIpc) is 2.98. The highest BCUT2D eigenvalue weighted by atomic mass is 16.6. The standard InChI is InChI=1S/C23H17N.C6H3N3O7/c1-4-10-18(11-5-1)21-16-23(20-14-8-3-9-15-20)24-17-22(21)19-12-6-2-7-13-19;10-6-4(8(13)14)1-3(7(11)12)2-5(6)9(15)16/h1-17H;1-2,10H. The maximum atomic E-state index is 10.4. The summed E-state index contributed by atoms with van der Waals surface area (Å²) in [7, 11) is 0. The molecule has 11 nitrogen and oxygen atoms in total. The van der Waals surface area contributed by atoms with Gasteiger partial charge in [0.1, 0.15) is 0 Å². The Morgan fingerprint density at radius 2 is 0.975 bits per heavy atom. The molecule has 0 aliphatic heterocycles. The fourth-order valence-corrected chi connectivity index (χ4v) is 3.90. The van der Waals surface area contributed by atoms with Crippen molar-refractivity contribution in [2.45, 2.75) is 0 Å². The third-order valence-corrected chi connectivity index (χ3v) is 5.80. The predicted molar refractivity (Wildman–Crippen MR) is 149 cm³/mol. The van der Waals surface area contributed by atoms with Gasteiger partial charge in [-0.2, -0.15) is 0 Å². The molecule has 198 valence electrons. The van der Waals surface area contributed by atoms with Crippen molar-refractivity contribution >= 4 is 17.1 Å². The van der Waals surface area contributed by atoms with Gasteiger partial charge in [0.15, 0.2) is 0 Å². The first-order valence-electron chi connectivity index (χ1n) is 11.7. The number of hydrogen-bond acceptors (Lipinski definition) is 8. The van der Waals surface area contributed by atoms with E-state index in [1.54, 1.807) is 0 Å². The smallest absolute Gasteiger partial charge is 0.324 e. The number of nitrogens with zero attached hydrogens (tertiary/aromatic N) is 4. The van der Waals surface area contributed by atoms with Gasteiger partial charge < -0.3 is 5.11 Å². The highest BCUT2D eigenvalue weighted by molar-refractivity contribution is 5.85. The molecule has 0 spiro atoms. The Kier molecular flexibility index (Phi) is 8.16. The van der Waals surface area contributed by atoms with Crippen LogP contribution in [0.25, 0.3) is 33.5 Å². The van der Waals surface area contributed by atoms with Crippen LogP contribution in [0, 0.1) is 30.3 Å². The van der Waals surface area contributed by atoms with E-state index >= 15 is 0 Å². The number of phenolic OH excluding ortho intramolecular Hbond substituents is 1. The van der Waals surface area contributed by atoms with Crippen molar-refractivity contribution in [1.29, 1.82) is 0 Å². The first-order valence-corrected chi connectivity index (χ1v) is 11.7. The number of rotatable bonds is 6. The molecule has 1 N–H and O–H groups in total. The number of phenols is 1. The summed E-state index contributed by atoms with van der Waals surface area (Å²) >= 11 is 0. The van der Waals surface area contributed by atoms with Gasteiger partial charge >= 0.3 is 11.4 Å². The molecular formula is C29H20N4O7. The zero-order valence-electron chi connectivity index (χ0n) is 20.7. The minimum atomic E-state index is -1.21. The summed E-state index contributed by atoms with van der Waals surface area (Å²) in [5, 5.41) is 40.2. The van der Waals surface area contributed by atoms with E-state index in [2.05, 4.69) is 66.7 Å². The van der Waals surface area contributed by atoms with Crippen LogP contribution in [0.5, 0.6) is 5.75 Å². The van der Waals surface area contributed by atoms with Gasteiger partial charge in [-0.25, -0.2) is 0 Å². The number of non-ortho nitro benzene ring substituents is 1. The quantitative estimate of drug-likeness (QED) is 0.176. The molecule has 0 saturated carbocycles. The van der Waals surface area contributed by atoms with E-state index in [9.17, 15) is 30.3 Å². The lowest BCUT2D eigenvalue weighted by atomic mass is 9.95. The topological polar surface area (TPSA) is 163 Å². The number of pyridine rings is 1. The van der Waals surface area contributed by atoms with Crippen molar-refractivity contribution in [3.8, 4) is 39.3 Å². The van der Waals surface area contributed by atoms with Gasteiger partial charge in [0.2, 0.25) is 0 Å². The maximum Gasteiger partial charge on any atom is 0.324 e. The predicted octanol–water partition coefficient (Wildman–Crippen LogP) is 7.20. The van der Waals surface area contributed by atoms with Crippen molar-refractivity contribution in [2.24, 2.45) is 0 Å². The van der Waals surface area contributed by atoms with Gasteiger partial charge in [0.25, 0.3) is 11.4 Å². The molecule has 0 atom stereocenters. The molecule has 0 aliphatic rings. The Bertz CT molecular complexity index is 1640. The molecule has 40 heavy (non-hydrogen) atoms. The highest BCUT2D eigenvalue weighted by Crippen LogP contribution is 2.39. The van der Waals surface area contributed by atoms with E-state index in [0.717, 1.165) is 16.8 Å². The van der Waals surface area contributed by atoms with Crippen molar-refractivity contribution in [3.63, 3.8) is 0 Å². The second-order valence-corrected chi connectivity index (χ2v) is 8.32. The Hall–Kier alpha value is -5.97. The van der Waals surface area contributed by atoms with Crippen LogP contribution in [0.1, 0.15) is 0 Å². The summed E-state index contributed by atoms with van der Waals surface area (Å²) < 4.78 is 0. The Labute approximate surface area is 227 Å². The van der Waals surface area contributed by atoms with Crippen molar-refractivity contribution in [2.75, 3.05) is 0 Å². The molecule has 1 aromatic heterocycles. The first-order chi connectivity index (χ1) is 19.3. The van der Waals surface area contributed by atoms with E-state index in [0.29, 0.717) is 12.1 Å². The van der Waals surface area contributed by atoms with Crippen LogP contribution in [0.3, 0.4) is 0 Å². The molecule has 4 aromatic carbocycles. The second kappa shape index (κ2) is 12.0. The molecule has 0 radical (unpaired) electrons. The van der Waals surface area contributed by atoms with Crippen LogP contribution in [0.4, 0.5) is 17.1 Å². The molecule has 5 aromatic rings. The van der Waals surface area contributed by atoms with Gasteiger partial charge in [0.05, 0.1) is 32.6 Å². The molecule has 11 heteroatoms. The monoisotopic (exact) mass is 536 g/mol. The van der Waals surface area contributed by atoms with Crippen LogP contribution in [-0.2, 0) is 0 Å². The number of aromatic hydroxyl groups is 1. The minimum absolute atomic E-state index is 0.447. The van der Waals surface area contributed by atoms with E-state index < -0.39 is 37.6 Å². The fraction of sp³-hybridized carbons (Fsp3) is 0. The lowest BCUT2D eigenvalue weighted by Gasteiger charge is -2.12. The first kappa shape index (κ1) is 27.1. The van der Waals surface area contributed by atoms with Gasteiger partial charge in [-0.15, -0.1) is 0 Å². The molecule has 5 rings (SSSR count). The molecule has 0 fully saturated rings. The third kappa shape index (κ3) is 6.11. The molecule has 0 aliphatic carbocycles. The van der Waals surface area contributed by atoms with Crippen LogP contribution >= 0.6 is 0 Å². The van der Waals surface area contributed by atoms with Gasteiger partial charge in [0, 0.05) is 17.3 Å². The lowest BCUT2D eigenvalue weighted by Crippen LogP contribution is -1.97.